The average Bonchev–Trinajstić information content (AvgIpc) is 2.65. The third kappa shape index (κ3) is 5.38. The Kier molecular flexibility index (Phi) is 6.05. The van der Waals surface area contributed by atoms with Gasteiger partial charge in [0.2, 0.25) is 0 Å². The summed E-state index contributed by atoms with van der Waals surface area (Å²) in [7, 11) is 0. The number of rotatable bonds is 6. The van der Waals surface area contributed by atoms with Crippen molar-refractivity contribution in [3.8, 4) is 5.75 Å². The lowest BCUT2D eigenvalue weighted by atomic mass is 10.1. The number of likely N-dealkylation sites (tertiary alicyclic amines) is 1. The normalized spacial score (nSPS) is 20.0. The molecule has 1 aliphatic rings. The molecule has 1 aromatic carbocycles. The third-order valence-corrected chi connectivity index (χ3v) is 4.12. The lowest BCUT2D eigenvalue weighted by Crippen LogP contribution is -2.35. The van der Waals surface area contributed by atoms with Crippen molar-refractivity contribution in [2.75, 3.05) is 19.7 Å². The Balaban J connectivity index is 1.76. The molecule has 4 nitrogen and oxygen atoms in total. The van der Waals surface area contributed by atoms with Crippen molar-refractivity contribution in [2.24, 2.45) is 0 Å². The van der Waals surface area contributed by atoms with Crippen LogP contribution in [0.25, 0.3) is 0 Å². The summed E-state index contributed by atoms with van der Waals surface area (Å²) in [4.78, 5) is 13.1. The van der Waals surface area contributed by atoms with Crippen LogP contribution in [0, 0.1) is 0 Å². The molecule has 1 heterocycles. The molecular formula is C17H25NO3. The third-order valence-electron chi connectivity index (χ3n) is 4.12. The van der Waals surface area contributed by atoms with Crippen LogP contribution in [-0.4, -0.2) is 41.7 Å². The fourth-order valence-electron chi connectivity index (χ4n) is 2.83. The number of carboxylic acids is 1. The zero-order chi connectivity index (χ0) is 15.1. The number of carboxylic acid groups (broad SMARTS) is 1. The molecule has 0 aromatic heterocycles. The molecule has 1 aliphatic heterocycles. The van der Waals surface area contributed by atoms with Crippen molar-refractivity contribution in [1.29, 1.82) is 0 Å². The fourth-order valence-corrected chi connectivity index (χ4v) is 2.83. The minimum atomic E-state index is -0.807. The van der Waals surface area contributed by atoms with E-state index >= 15 is 0 Å². The van der Waals surface area contributed by atoms with Gasteiger partial charge in [-0.3, -0.25) is 9.69 Å². The van der Waals surface area contributed by atoms with E-state index < -0.39 is 5.97 Å². The molecule has 21 heavy (non-hydrogen) atoms. The zero-order valence-corrected chi connectivity index (χ0v) is 12.8. The highest BCUT2D eigenvalue weighted by molar-refractivity contribution is 5.70. The predicted molar refractivity (Wildman–Crippen MR) is 82.8 cm³/mol. The molecular weight excluding hydrogens is 266 g/mol. The van der Waals surface area contributed by atoms with Crippen molar-refractivity contribution < 1.29 is 14.6 Å². The van der Waals surface area contributed by atoms with E-state index in [0.29, 0.717) is 12.6 Å². The van der Waals surface area contributed by atoms with Gasteiger partial charge in [-0.2, -0.15) is 0 Å². The second-order valence-electron chi connectivity index (χ2n) is 5.80. The molecule has 1 atom stereocenters. The topological polar surface area (TPSA) is 49.8 Å². The number of nitrogens with zero attached hydrogens (tertiary/aromatic N) is 1. The number of benzene rings is 1. The monoisotopic (exact) mass is 291 g/mol. The van der Waals surface area contributed by atoms with Crippen LogP contribution in [-0.2, 0) is 11.2 Å². The second-order valence-corrected chi connectivity index (χ2v) is 5.80. The number of hydrogen-bond donors (Lipinski definition) is 1. The molecule has 116 valence electrons. The van der Waals surface area contributed by atoms with Gasteiger partial charge in [-0.15, -0.1) is 0 Å². The number of hydrogen-bond acceptors (Lipinski definition) is 3. The maximum Gasteiger partial charge on any atom is 0.307 e. The van der Waals surface area contributed by atoms with Crippen molar-refractivity contribution in [3.63, 3.8) is 0 Å². The molecule has 0 saturated carbocycles. The molecule has 2 rings (SSSR count). The van der Waals surface area contributed by atoms with Crippen molar-refractivity contribution in [3.05, 3.63) is 29.8 Å². The fraction of sp³-hybridized carbons (Fsp3) is 0.588. The summed E-state index contributed by atoms with van der Waals surface area (Å²) in [5.41, 5.74) is 0.802. The molecule has 0 spiro atoms. The smallest absolute Gasteiger partial charge is 0.307 e. The van der Waals surface area contributed by atoms with Crippen molar-refractivity contribution in [1.82, 2.24) is 4.90 Å². The van der Waals surface area contributed by atoms with Crippen molar-refractivity contribution >= 4 is 5.97 Å². The minimum Gasteiger partial charge on any atom is -0.492 e. The van der Waals surface area contributed by atoms with Crippen LogP contribution in [0.3, 0.4) is 0 Å². The molecule has 1 aromatic rings. The van der Waals surface area contributed by atoms with E-state index in [4.69, 9.17) is 9.84 Å². The molecule has 0 aliphatic carbocycles. The Morgan fingerprint density at radius 3 is 2.76 bits per heavy atom. The van der Waals surface area contributed by atoms with Gasteiger partial charge < -0.3 is 9.84 Å². The summed E-state index contributed by atoms with van der Waals surface area (Å²) in [5.74, 6) is 0.00503. The molecule has 0 radical (unpaired) electrons. The molecule has 0 bridgehead atoms. The molecule has 1 N–H and O–H groups in total. The van der Waals surface area contributed by atoms with Gasteiger partial charge in [0, 0.05) is 12.6 Å². The average molecular weight is 291 g/mol. The molecule has 1 saturated heterocycles. The SMILES string of the molecule is CC1CCCCCN1CCOc1ccc(CC(=O)O)cc1. The van der Waals surface area contributed by atoms with Gasteiger partial charge in [-0.1, -0.05) is 25.0 Å². The largest absolute Gasteiger partial charge is 0.492 e. The van der Waals surface area contributed by atoms with Gasteiger partial charge in [0.05, 0.1) is 6.42 Å². The highest BCUT2D eigenvalue weighted by Crippen LogP contribution is 2.17. The Morgan fingerprint density at radius 2 is 2.05 bits per heavy atom. The highest BCUT2D eigenvalue weighted by Gasteiger charge is 2.16. The summed E-state index contributed by atoms with van der Waals surface area (Å²) in [6.07, 6.45) is 5.31. The summed E-state index contributed by atoms with van der Waals surface area (Å²) in [5, 5.41) is 8.73. The van der Waals surface area contributed by atoms with Gasteiger partial charge in [-0.05, 0) is 44.0 Å². The van der Waals surface area contributed by atoms with Crippen LogP contribution < -0.4 is 4.74 Å². The molecule has 0 amide bonds. The Bertz CT molecular complexity index is 444. The number of aliphatic carboxylic acids is 1. The summed E-state index contributed by atoms with van der Waals surface area (Å²) >= 11 is 0. The van der Waals surface area contributed by atoms with Gasteiger partial charge in [0.25, 0.3) is 0 Å². The second kappa shape index (κ2) is 8.03. The minimum absolute atomic E-state index is 0.0611. The first-order chi connectivity index (χ1) is 10.1. The van der Waals surface area contributed by atoms with E-state index in [2.05, 4.69) is 11.8 Å². The zero-order valence-electron chi connectivity index (χ0n) is 12.8. The van der Waals surface area contributed by atoms with E-state index in [9.17, 15) is 4.79 Å². The number of ether oxygens (including phenoxy) is 1. The van der Waals surface area contributed by atoms with Gasteiger partial charge >= 0.3 is 5.97 Å². The number of carbonyl (C=O) groups is 1. The Hall–Kier alpha value is -1.55. The Labute approximate surface area is 126 Å². The van der Waals surface area contributed by atoms with Gasteiger partial charge in [0.15, 0.2) is 0 Å². The van der Waals surface area contributed by atoms with Gasteiger partial charge in [0.1, 0.15) is 12.4 Å². The van der Waals surface area contributed by atoms with E-state index in [0.717, 1.165) is 17.9 Å². The van der Waals surface area contributed by atoms with Crippen LogP contribution in [0.5, 0.6) is 5.75 Å². The Morgan fingerprint density at radius 1 is 1.29 bits per heavy atom. The van der Waals surface area contributed by atoms with Crippen LogP contribution in [0.4, 0.5) is 0 Å². The highest BCUT2D eigenvalue weighted by atomic mass is 16.5. The standard InChI is InChI=1S/C17H25NO3/c1-14-5-3-2-4-10-18(14)11-12-21-16-8-6-15(7-9-16)13-17(19)20/h6-9,14H,2-5,10-13H2,1H3,(H,19,20). The van der Waals surface area contributed by atoms with Crippen molar-refractivity contribution in [2.45, 2.75) is 45.1 Å². The maximum atomic E-state index is 10.6. The summed E-state index contributed by atoms with van der Waals surface area (Å²) in [6, 6.07) is 7.98. The first-order valence-electron chi connectivity index (χ1n) is 7.83. The van der Waals surface area contributed by atoms with Crippen LogP contribution in [0.1, 0.15) is 38.2 Å². The summed E-state index contributed by atoms with van der Waals surface area (Å²) in [6.45, 7) is 5.11. The van der Waals surface area contributed by atoms with E-state index in [-0.39, 0.29) is 6.42 Å². The summed E-state index contributed by atoms with van der Waals surface area (Å²) < 4.78 is 5.77. The van der Waals surface area contributed by atoms with Crippen LogP contribution in [0.2, 0.25) is 0 Å². The van der Waals surface area contributed by atoms with E-state index in [1.165, 1.54) is 32.2 Å². The first kappa shape index (κ1) is 15.8. The molecule has 1 fully saturated rings. The van der Waals surface area contributed by atoms with Gasteiger partial charge in [-0.25, -0.2) is 0 Å². The first-order valence-corrected chi connectivity index (χ1v) is 7.83. The maximum absolute atomic E-state index is 10.6. The lowest BCUT2D eigenvalue weighted by Gasteiger charge is -2.26. The lowest BCUT2D eigenvalue weighted by molar-refractivity contribution is -0.136. The predicted octanol–water partition coefficient (Wildman–Crippen LogP) is 2.96. The van der Waals surface area contributed by atoms with E-state index in [1.807, 2.05) is 24.3 Å². The van der Waals surface area contributed by atoms with Crippen LogP contribution >= 0.6 is 0 Å². The van der Waals surface area contributed by atoms with E-state index in [1.54, 1.807) is 0 Å². The van der Waals surface area contributed by atoms with Crippen LogP contribution in [0.15, 0.2) is 24.3 Å². The molecule has 4 heteroatoms. The molecule has 1 unspecified atom stereocenters. The quantitative estimate of drug-likeness (QED) is 0.875.